The van der Waals surface area contributed by atoms with Crippen LogP contribution >= 0.6 is 11.3 Å². The van der Waals surface area contributed by atoms with E-state index in [1.54, 1.807) is 29.7 Å². The Hall–Kier alpha value is -2.41. The molecule has 0 spiro atoms. The number of carbonyl (C=O) groups is 1. The summed E-state index contributed by atoms with van der Waals surface area (Å²) in [6.45, 7) is 0.728. The van der Waals surface area contributed by atoms with Crippen LogP contribution < -0.4 is 5.69 Å². The molecule has 4 heterocycles. The molecule has 4 rings (SSSR count). The second-order valence-electron chi connectivity index (χ2n) is 5.63. The molecule has 1 aliphatic rings. The predicted molar refractivity (Wildman–Crippen MR) is 87.5 cm³/mol. The van der Waals surface area contributed by atoms with E-state index in [0.29, 0.717) is 5.65 Å². The van der Waals surface area contributed by atoms with Crippen molar-refractivity contribution >= 4 is 22.9 Å². The maximum Gasteiger partial charge on any atom is 0.350 e. The van der Waals surface area contributed by atoms with E-state index < -0.39 is 0 Å². The van der Waals surface area contributed by atoms with Gasteiger partial charge in [0.1, 0.15) is 6.54 Å². The van der Waals surface area contributed by atoms with Gasteiger partial charge in [-0.3, -0.25) is 9.20 Å². The molecule has 3 aromatic heterocycles. The van der Waals surface area contributed by atoms with E-state index >= 15 is 0 Å². The van der Waals surface area contributed by atoms with Crippen LogP contribution in [0.4, 0.5) is 0 Å². The van der Waals surface area contributed by atoms with E-state index in [2.05, 4.69) is 11.2 Å². The normalized spacial score (nSPS) is 17.9. The number of rotatable bonds is 3. The molecule has 118 valence electrons. The molecule has 7 heteroatoms. The van der Waals surface area contributed by atoms with Crippen LogP contribution in [0.15, 0.2) is 46.7 Å². The highest BCUT2D eigenvalue weighted by molar-refractivity contribution is 7.10. The van der Waals surface area contributed by atoms with Crippen molar-refractivity contribution in [3.8, 4) is 0 Å². The number of pyridine rings is 1. The first kappa shape index (κ1) is 14.2. The van der Waals surface area contributed by atoms with Gasteiger partial charge in [-0.2, -0.15) is 0 Å². The minimum absolute atomic E-state index is 0.0115. The molecular formula is C16H16N4O2S. The average Bonchev–Trinajstić information content (AvgIpc) is 3.28. The summed E-state index contributed by atoms with van der Waals surface area (Å²) >= 11 is 1.67. The van der Waals surface area contributed by atoms with Gasteiger partial charge in [-0.25, -0.2) is 9.48 Å². The zero-order valence-corrected chi connectivity index (χ0v) is 13.3. The summed E-state index contributed by atoms with van der Waals surface area (Å²) in [5.74, 6) is -0.0496. The third kappa shape index (κ3) is 2.46. The van der Waals surface area contributed by atoms with Gasteiger partial charge in [-0.15, -0.1) is 16.4 Å². The van der Waals surface area contributed by atoms with Crippen molar-refractivity contribution in [3.05, 3.63) is 57.3 Å². The van der Waals surface area contributed by atoms with Gasteiger partial charge >= 0.3 is 5.69 Å². The number of hydrogen-bond donors (Lipinski definition) is 0. The van der Waals surface area contributed by atoms with Crippen molar-refractivity contribution < 1.29 is 4.79 Å². The predicted octanol–water partition coefficient (Wildman–Crippen LogP) is 1.92. The molecule has 0 aliphatic carbocycles. The lowest BCUT2D eigenvalue weighted by Gasteiger charge is -2.23. The van der Waals surface area contributed by atoms with E-state index in [1.807, 2.05) is 22.4 Å². The number of likely N-dealkylation sites (tertiary alicyclic amines) is 1. The highest BCUT2D eigenvalue weighted by atomic mass is 32.1. The average molecular weight is 328 g/mol. The molecule has 0 bridgehead atoms. The van der Waals surface area contributed by atoms with E-state index in [9.17, 15) is 9.59 Å². The Morgan fingerprint density at radius 3 is 3.00 bits per heavy atom. The molecule has 6 nitrogen and oxygen atoms in total. The van der Waals surface area contributed by atoms with Crippen LogP contribution in [0.25, 0.3) is 5.65 Å². The lowest BCUT2D eigenvalue weighted by atomic mass is 10.2. The molecule has 1 atom stereocenters. The van der Waals surface area contributed by atoms with Gasteiger partial charge in [0, 0.05) is 17.6 Å². The lowest BCUT2D eigenvalue weighted by Crippen LogP contribution is -2.36. The Kier molecular flexibility index (Phi) is 3.49. The lowest BCUT2D eigenvalue weighted by molar-refractivity contribution is -0.133. The third-order valence-electron chi connectivity index (χ3n) is 4.22. The Morgan fingerprint density at radius 2 is 2.22 bits per heavy atom. The van der Waals surface area contributed by atoms with Crippen molar-refractivity contribution in [2.75, 3.05) is 6.54 Å². The summed E-state index contributed by atoms with van der Waals surface area (Å²) in [5, 5.41) is 6.26. The quantitative estimate of drug-likeness (QED) is 0.738. The molecule has 1 amide bonds. The molecule has 1 aliphatic heterocycles. The molecule has 1 saturated heterocycles. The summed E-state index contributed by atoms with van der Waals surface area (Å²) in [5.41, 5.74) is 0.280. The Balaban J connectivity index is 1.59. The van der Waals surface area contributed by atoms with Crippen molar-refractivity contribution in [3.63, 3.8) is 0 Å². The number of fused-ring (bicyclic) bond motifs is 1. The molecule has 23 heavy (non-hydrogen) atoms. The largest absolute Gasteiger partial charge is 0.350 e. The van der Waals surface area contributed by atoms with Crippen LogP contribution in [0.1, 0.15) is 23.8 Å². The fourth-order valence-corrected chi connectivity index (χ4v) is 4.01. The zero-order valence-electron chi connectivity index (χ0n) is 12.5. The molecule has 0 saturated carbocycles. The van der Waals surface area contributed by atoms with Gasteiger partial charge in [0.05, 0.1) is 6.04 Å². The van der Waals surface area contributed by atoms with Crippen LogP contribution in [-0.4, -0.2) is 31.5 Å². The molecule has 0 radical (unpaired) electrons. The number of hydrogen-bond acceptors (Lipinski definition) is 4. The standard InChI is InChI=1S/C16H16N4O2S/c21-15(18-9-3-5-12(18)13-6-4-10-23-13)11-20-16(22)19-8-2-1-7-14(19)17-20/h1-2,4,6-8,10,12H,3,5,9,11H2. The van der Waals surface area contributed by atoms with E-state index in [1.165, 1.54) is 14.0 Å². The van der Waals surface area contributed by atoms with Crippen molar-refractivity contribution in [2.24, 2.45) is 0 Å². The van der Waals surface area contributed by atoms with Crippen molar-refractivity contribution in [1.29, 1.82) is 0 Å². The fraction of sp³-hybridized carbons (Fsp3) is 0.312. The van der Waals surface area contributed by atoms with Crippen LogP contribution in [0.3, 0.4) is 0 Å². The third-order valence-corrected chi connectivity index (χ3v) is 5.19. The topological polar surface area (TPSA) is 59.6 Å². The first-order valence-electron chi connectivity index (χ1n) is 7.61. The van der Waals surface area contributed by atoms with Gasteiger partial charge < -0.3 is 4.90 Å². The van der Waals surface area contributed by atoms with Crippen molar-refractivity contribution in [1.82, 2.24) is 19.1 Å². The maximum atomic E-state index is 12.7. The van der Waals surface area contributed by atoms with E-state index in [0.717, 1.165) is 19.4 Å². The second-order valence-corrected chi connectivity index (χ2v) is 6.61. The molecule has 3 aromatic rings. The van der Waals surface area contributed by atoms with E-state index in [-0.39, 0.29) is 24.2 Å². The summed E-state index contributed by atoms with van der Waals surface area (Å²) in [6.07, 6.45) is 3.64. The van der Waals surface area contributed by atoms with E-state index in [4.69, 9.17) is 0 Å². The molecule has 0 N–H and O–H groups in total. The van der Waals surface area contributed by atoms with Gasteiger partial charge in [-0.05, 0) is 36.4 Å². The number of thiophene rings is 1. The minimum Gasteiger partial charge on any atom is -0.333 e. The number of aromatic nitrogens is 3. The Morgan fingerprint density at radius 1 is 1.30 bits per heavy atom. The van der Waals surface area contributed by atoms with Crippen LogP contribution in [0, 0.1) is 0 Å². The number of amides is 1. The zero-order chi connectivity index (χ0) is 15.8. The summed E-state index contributed by atoms with van der Waals surface area (Å²) in [6, 6.07) is 9.56. The summed E-state index contributed by atoms with van der Waals surface area (Å²) in [7, 11) is 0. The number of nitrogens with zero attached hydrogens (tertiary/aromatic N) is 4. The molecule has 1 unspecified atom stereocenters. The maximum absolute atomic E-state index is 12.7. The Labute approximate surface area is 136 Å². The van der Waals surface area contributed by atoms with Gasteiger partial charge in [-0.1, -0.05) is 12.1 Å². The second kappa shape index (κ2) is 5.66. The summed E-state index contributed by atoms with van der Waals surface area (Å²) in [4.78, 5) is 28.0. The molecule has 1 fully saturated rings. The van der Waals surface area contributed by atoms with Gasteiger partial charge in [0.2, 0.25) is 5.91 Å². The first-order valence-corrected chi connectivity index (χ1v) is 8.49. The van der Waals surface area contributed by atoms with Crippen molar-refractivity contribution in [2.45, 2.75) is 25.4 Å². The van der Waals surface area contributed by atoms with Gasteiger partial charge in [0.15, 0.2) is 5.65 Å². The smallest absolute Gasteiger partial charge is 0.333 e. The Bertz CT molecular complexity index is 896. The first-order chi connectivity index (χ1) is 11.2. The molecule has 0 aromatic carbocycles. The van der Waals surface area contributed by atoms with Crippen LogP contribution in [0.5, 0.6) is 0 Å². The monoisotopic (exact) mass is 328 g/mol. The fourth-order valence-electron chi connectivity index (χ4n) is 3.13. The van der Waals surface area contributed by atoms with Crippen LogP contribution in [0.2, 0.25) is 0 Å². The number of carbonyl (C=O) groups excluding carboxylic acids is 1. The highest BCUT2D eigenvalue weighted by Gasteiger charge is 2.31. The summed E-state index contributed by atoms with van der Waals surface area (Å²) < 4.78 is 2.70. The van der Waals surface area contributed by atoms with Gasteiger partial charge in [0.25, 0.3) is 0 Å². The minimum atomic E-state index is -0.277. The van der Waals surface area contributed by atoms with Crippen LogP contribution in [-0.2, 0) is 11.3 Å². The SMILES string of the molecule is O=C(Cn1nc2ccccn2c1=O)N1CCCC1c1cccs1. The molecular weight excluding hydrogens is 312 g/mol. The highest BCUT2D eigenvalue weighted by Crippen LogP contribution is 2.34.